The van der Waals surface area contributed by atoms with Crippen LogP contribution >= 0.6 is 0 Å². The first kappa shape index (κ1) is 17.0. The maximum atomic E-state index is 12.0. The van der Waals surface area contributed by atoms with E-state index in [0.717, 1.165) is 5.56 Å². The molecule has 1 amide bonds. The van der Waals surface area contributed by atoms with Crippen LogP contribution in [-0.4, -0.2) is 26.7 Å². The van der Waals surface area contributed by atoms with Crippen molar-refractivity contribution in [2.75, 3.05) is 0 Å². The van der Waals surface area contributed by atoms with Crippen LogP contribution in [0.2, 0.25) is 0 Å². The van der Waals surface area contributed by atoms with Crippen molar-refractivity contribution in [2.24, 2.45) is 0 Å². The summed E-state index contributed by atoms with van der Waals surface area (Å²) >= 11 is 0. The Morgan fingerprint density at radius 1 is 1.17 bits per heavy atom. The van der Waals surface area contributed by atoms with Gasteiger partial charge in [0.1, 0.15) is 11.3 Å². The predicted molar refractivity (Wildman–Crippen MR) is 88.0 cm³/mol. The molecule has 2 aromatic rings. The minimum atomic E-state index is -0.669. The summed E-state index contributed by atoms with van der Waals surface area (Å²) in [5.41, 5.74) is 0.615. The van der Waals surface area contributed by atoms with E-state index in [1.807, 2.05) is 71.1 Å². The molecule has 6 heteroatoms. The van der Waals surface area contributed by atoms with Gasteiger partial charge in [0.25, 0.3) is 0 Å². The number of carbonyl (C=O) groups excluding carboxylic acids is 1. The number of ether oxygens (including phenoxy) is 1. The first-order valence-corrected chi connectivity index (χ1v) is 7.61. The van der Waals surface area contributed by atoms with Gasteiger partial charge in [-0.1, -0.05) is 35.5 Å². The summed E-state index contributed by atoms with van der Waals surface area (Å²) in [4.78, 5) is 12.0. The van der Waals surface area contributed by atoms with Crippen molar-refractivity contribution in [3.8, 4) is 0 Å². The van der Waals surface area contributed by atoms with Crippen molar-refractivity contribution in [1.82, 2.24) is 20.3 Å². The Morgan fingerprint density at radius 3 is 2.43 bits per heavy atom. The van der Waals surface area contributed by atoms with Crippen LogP contribution in [-0.2, 0) is 16.8 Å². The van der Waals surface area contributed by atoms with E-state index < -0.39 is 17.2 Å². The van der Waals surface area contributed by atoms with Crippen molar-refractivity contribution in [2.45, 2.75) is 52.3 Å². The van der Waals surface area contributed by atoms with Crippen LogP contribution in [0, 0.1) is 0 Å². The van der Waals surface area contributed by atoms with E-state index >= 15 is 0 Å². The average Bonchev–Trinajstić information content (AvgIpc) is 2.86. The molecule has 6 nitrogen and oxygen atoms in total. The van der Waals surface area contributed by atoms with Crippen molar-refractivity contribution < 1.29 is 9.53 Å². The van der Waals surface area contributed by atoms with Crippen molar-refractivity contribution in [3.63, 3.8) is 0 Å². The Morgan fingerprint density at radius 2 is 1.83 bits per heavy atom. The van der Waals surface area contributed by atoms with Gasteiger partial charge < -0.3 is 10.1 Å². The van der Waals surface area contributed by atoms with E-state index in [2.05, 4.69) is 15.6 Å². The lowest BCUT2D eigenvalue weighted by Gasteiger charge is -2.26. The SMILES string of the molecule is CC(C)(C)OC(=O)NC(C)(C)c1cn(Cc2ccccc2)nn1. The Hall–Kier alpha value is -2.37. The van der Waals surface area contributed by atoms with E-state index in [1.165, 1.54) is 0 Å². The van der Waals surface area contributed by atoms with Gasteiger partial charge >= 0.3 is 6.09 Å². The molecule has 1 aromatic carbocycles. The second kappa shape index (κ2) is 6.40. The maximum Gasteiger partial charge on any atom is 0.408 e. The number of nitrogens with one attached hydrogen (secondary N) is 1. The Kier molecular flexibility index (Phi) is 4.73. The summed E-state index contributed by atoms with van der Waals surface area (Å²) in [6.07, 6.45) is 1.37. The molecule has 0 radical (unpaired) electrons. The quantitative estimate of drug-likeness (QED) is 0.941. The second-order valence-electron chi connectivity index (χ2n) is 7.04. The summed E-state index contributed by atoms with van der Waals surface area (Å²) in [6.45, 7) is 9.86. The third-order valence-corrected chi connectivity index (χ3v) is 3.18. The second-order valence-corrected chi connectivity index (χ2v) is 7.04. The maximum absolute atomic E-state index is 12.0. The van der Waals surface area contributed by atoms with Crippen LogP contribution in [0.4, 0.5) is 4.79 Å². The number of aromatic nitrogens is 3. The zero-order chi connectivity index (χ0) is 17.1. The largest absolute Gasteiger partial charge is 0.444 e. The van der Waals surface area contributed by atoms with Gasteiger partial charge in [-0.05, 0) is 40.2 Å². The molecule has 0 saturated heterocycles. The zero-order valence-corrected chi connectivity index (χ0v) is 14.3. The minimum Gasteiger partial charge on any atom is -0.444 e. The molecule has 0 aliphatic carbocycles. The molecule has 0 aliphatic heterocycles. The van der Waals surface area contributed by atoms with Gasteiger partial charge in [-0.25, -0.2) is 9.48 Å². The first-order chi connectivity index (χ1) is 10.7. The van der Waals surface area contributed by atoms with E-state index in [-0.39, 0.29) is 0 Å². The van der Waals surface area contributed by atoms with E-state index in [9.17, 15) is 4.79 Å². The summed E-state index contributed by atoms with van der Waals surface area (Å²) in [6, 6.07) is 10.0. The van der Waals surface area contributed by atoms with Crippen molar-refractivity contribution in [3.05, 3.63) is 47.8 Å². The van der Waals surface area contributed by atoms with Crippen LogP contribution in [0.5, 0.6) is 0 Å². The average molecular weight is 316 g/mol. The lowest BCUT2D eigenvalue weighted by Crippen LogP contribution is -2.44. The molecule has 0 saturated carbocycles. The van der Waals surface area contributed by atoms with Crippen LogP contribution in [0.15, 0.2) is 36.5 Å². The van der Waals surface area contributed by atoms with Crippen molar-refractivity contribution >= 4 is 6.09 Å². The van der Waals surface area contributed by atoms with Gasteiger partial charge in [-0.3, -0.25) is 0 Å². The standard InChI is InChI=1S/C17H24N4O2/c1-16(2,3)23-15(22)18-17(4,5)14-12-21(20-19-14)11-13-9-7-6-8-10-13/h6-10,12H,11H2,1-5H3,(H,18,22). The Labute approximate surface area is 136 Å². The van der Waals surface area contributed by atoms with E-state index in [0.29, 0.717) is 12.2 Å². The normalized spacial score (nSPS) is 12.0. The lowest BCUT2D eigenvalue weighted by atomic mass is 10.0. The van der Waals surface area contributed by atoms with Gasteiger partial charge in [0.2, 0.25) is 0 Å². The molecule has 0 bridgehead atoms. The van der Waals surface area contributed by atoms with Gasteiger partial charge in [-0.15, -0.1) is 5.10 Å². The molecule has 1 N–H and O–H groups in total. The molecule has 23 heavy (non-hydrogen) atoms. The van der Waals surface area contributed by atoms with E-state index in [1.54, 1.807) is 4.68 Å². The van der Waals surface area contributed by atoms with Crippen molar-refractivity contribution in [1.29, 1.82) is 0 Å². The fraction of sp³-hybridized carbons (Fsp3) is 0.471. The monoisotopic (exact) mass is 316 g/mol. The number of carbonyl (C=O) groups is 1. The molecular weight excluding hydrogens is 292 g/mol. The molecule has 0 unspecified atom stereocenters. The van der Waals surface area contributed by atoms with Gasteiger partial charge in [-0.2, -0.15) is 0 Å². The molecule has 0 atom stereocenters. The van der Waals surface area contributed by atoms with Gasteiger partial charge in [0.05, 0.1) is 18.3 Å². The van der Waals surface area contributed by atoms with Crippen LogP contribution in [0.3, 0.4) is 0 Å². The number of amides is 1. The number of benzene rings is 1. The fourth-order valence-electron chi connectivity index (χ4n) is 2.06. The number of alkyl carbamates (subject to hydrolysis) is 1. The molecule has 1 heterocycles. The predicted octanol–water partition coefficient (Wildman–Crippen LogP) is 3.09. The number of nitrogens with zero attached hydrogens (tertiary/aromatic N) is 3. The highest BCUT2D eigenvalue weighted by atomic mass is 16.6. The molecule has 0 fully saturated rings. The summed E-state index contributed by atoms with van der Waals surface area (Å²) in [7, 11) is 0. The molecule has 1 aromatic heterocycles. The van der Waals surface area contributed by atoms with E-state index in [4.69, 9.17) is 4.74 Å². The number of hydrogen-bond acceptors (Lipinski definition) is 4. The third-order valence-electron chi connectivity index (χ3n) is 3.18. The minimum absolute atomic E-state index is 0.472. The van der Waals surface area contributed by atoms with Crippen LogP contribution in [0.1, 0.15) is 45.9 Å². The summed E-state index contributed by atoms with van der Waals surface area (Å²) < 4.78 is 7.05. The van der Waals surface area contributed by atoms with Crippen LogP contribution < -0.4 is 5.32 Å². The Bertz CT molecular complexity index is 657. The first-order valence-electron chi connectivity index (χ1n) is 7.61. The molecular formula is C17H24N4O2. The highest BCUT2D eigenvalue weighted by Crippen LogP contribution is 2.18. The smallest absolute Gasteiger partial charge is 0.408 e. The number of hydrogen-bond donors (Lipinski definition) is 1. The fourth-order valence-corrected chi connectivity index (χ4v) is 2.06. The zero-order valence-electron chi connectivity index (χ0n) is 14.3. The van der Waals surface area contributed by atoms with Gasteiger partial charge in [0.15, 0.2) is 0 Å². The highest BCUT2D eigenvalue weighted by Gasteiger charge is 2.28. The van der Waals surface area contributed by atoms with Crippen LogP contribution in [0.25, 0.3) is 0 Å². The van der Waals surface area contributed by atoms with Gasteiger partial charge in [0, 0.05) is 0 Å². The number of rotatable bonds is 4. The molecule has 2 rings (SSSR count). The Balaban J connectivity index is 2.04. The molecule has 0 aliphatic rings. The summed E-state index contributed by atoms with van der Waals surface area (Å²) in [5.74, 6) is 0. The molecule has 124 valence electrons. The third kappa shape index (κ3) is 5.09. The molecule has 0 spiro atoms. The summed E-state index contributed by atoms with van der Waals surface area (Å²) in [5, 5.41) is 11.1. The topological polar surface area (TPSA) is 69.0 Å². The highest BCUT2D eigenvalue weighted by molar-refractivity contribution is 5.68. The lowest BCUT2D eigenvalue weighted by molar-refractivity contribution is 0.0468.